The van der Waals surface area contributed by atoms with Gasteiger partial charge in [0.25, 0.3) is 0 Å². The third-order valence-electron chi connectivity index (χ3n) is 5.95. The number of hydrogen-bond acceptors (Lipinski definition) is 6. The Bertz CT molecular complexity index is 1410. The predicted octanol–water partition coefficient (Wildman–Crippen LogP) is 6.69. The fourth-order valence-corrected chi connectivity index (χ4v) is 3.99. The van der Waals surface area contributed by atoms with Gasteiger partial charge in [-0.05, 0) is 73.0 Å². The van der Waals surface area contributed by atoms with Crippen LogP contribution in [0.4, 0.5) is 21.9 Å². The van der Waals surface area contributed by atoms with E-state index in [0.29, 0.717) is 41.2 Å². The van der Waals surface area contributed by atoms with Gasteiger partial charge in [0, 0.05) is 5.69 Å². The van der Waals surface area contributed by atoms with Gasteiger partial charge in [-0.2, -0.15) is 0 Å². The van der Waals surface area contributed by atoms with Crippen molar-refractivity contribution >= 4 is 29.1 Å². The van der Waals surface area contributed by atoms with Crippen LogP contribution in [0.2, 0.25) is 0 Å². The molecule has 8 heteroatoms. The minimum atomic E-state index is -0.823. The van der Waals surface area contributed by atoms with Crippen LogP contribution in [-0.4, -0.2) is 23.2 Å². The number of amides is 2. The summed E-state index contributed by atoms with van der Waals surface area (Å²) in [7, 11) is 0. The van der Waals surface area contributed by atoms with E-state index in [1.54, 1.807) is 54.6 Å². The van der Waals surface area contributed by atoms with Gasteiger partial charge in [0.2, 0.25) is 5.91 Å². The molecule has 0 spiro atoms. The molecule has 0 aliphatic heterocycles. The van der Waals surface area contributed by atoms with E-state index < -0.39 is 18.3 Å². The van der Waals surface area contributed by atoms with Crippen LogP contribution in [0, 0.1) is 0 Å². The molecule has 0 heterocycles. The highest BCUT2D eigenvalue weighted by Crippen LogP contribution is 2.30. The van der Waals surface area contributed by atoms with Crippen molar-refractivity contribution in [1.29, 1.82) is 0 Å². The number of nitrogens with one attached hydrogen (secondary N) is 2. The van der Waals surface area contributed by atoms with Crippen molar-refractivity contribution in [2.45, 2.75) is 25.0 Å². The average Bonchev–Trinajstić information content (AvgIpc) is 2.96. The number of nitrogens with two attached hydrogens (primary N) is 1. The highest BCUT2D eigenvalue weighted by atomic mass is 16.6. The second-order valence-electron chi connectivity index (χ2n) is 8.93. The van der Waals surface area contributed by atoms with E-state index in [9.17, 15) is 14.7 Å². The molecule has 0 saturated heterocycles. The molecular formula is C32H31N3O5. The van der Waals surface area contributed by atoms with Gasteiger partial charge in [0.05, 0.1) is 11.4 Å². The first-order valence-electron chi connectivity index (χ1n) is 12.8. The molecule has 0 aliphatic carbocycles. The van der Waals surface area contributed by atoms with Crippen LogP contribution < -0.4 is 21.1 Å². The molecule has 204 valence electrons. The van der Waals surface area contributed by atoms with E-state index >= 15 is 0 Å². The summed E-state index contributed by atoms with van der Waals surface area (Å²) in [6.45, 7) is 0. The van der Waals surface area contributed by atoms with Gasteiger partial charge in [0.15, 0.2) is 6.10 Å². The Morgan fingerprint density at radius 2 is 1.48 bits per heavy atom. The topological polar surface area (TPSA) is 123 Å². The zero-order valence-corrected chi connectivity index (χ0v) is 21.8. The molecule has 0 unspecified atom stereocenters. The van der Waals surface area contributed by atoms with Crippen LogP contribution in [0.5, 0.6) is 11.5 Å². The second-order valence-corrected chi connectivity index (χ2v) is 8.93. The minimum absolute atomic E-state index is 0.0877. The molecule has 0 saturated carbocycles. The summed E-state index contributed by atoms with van der Waals surface area (Å²) in [6, 6.07) is 31.6. The molecule has 40 heavy (non-hydrogen) atoms. The first-order valence-corrected chi connectivity index (χ1v) is 12.8. The largest absolute Gasteiger partial charge is 0.508 e. The first-order chi connectivity index (χ1) is 19.5. The van der Waals surface area contributed by atoms with Crippen molar-refractivity contribution in [3.63, 3.8) is 0 Å². The van der Waals surface area contributed by atoms with E-state index in [1.807, 2.05) is 48.5 Å². The van der Waals surface area contributed by atoms with E-state index in [0.717, 1.165) is 0 Å². The number of anilines is 3. The smallest absolute Gasteiger partial charge is 0.412 e. The Kier molecular flexibility index (Phi) is 9.77. The number of carbonyl (C=O) groups is 2. The summed E-state index contributed by atoms with van der Waals surface area (Å²) in [5, 5.41) is 15.3. The standard InChI is InChI=1S/C32H31N3O5/c33-27-15-7-8-16-28(27)35-30(37)18-10-9-17-29(39-26-13-5-2-6-14-26)31(23-19-21-25(36)22-20-23)40-32(38)34-24-11-3-1-4-12-24/h1-8,10-16,18-22,29,31,36H,9,17,33H2,(H,34,38)(H,35,37)/b18-10+/t29-,31-/m1/s1. The number of aromatic hydroxyl groups is 1. The molecule has 0 fully saturated rings. The summed E-state index contributed by atoms with van der Waals surface area (Å²) in [4.78, 5) is 25.3. The highest BCUT2D eigenvalue weighted by Gasteiger charge is 2.29. The Labute approximate surface area is 233 Å². The zero-order chi connectivity index (χ0) is 28.2. The number of nitrogen functional groups attached to an aromatic ring is 1. The van der Waals surface area contributed by atoms with Crippen molar-refractivity contribution in [3.8, 4) is 11.5 Å². The SMILES string of the molecule is Nc1ccccc1NC(=O)/C=C/CC[C@@H](Oc1ccccc1)[C@H](OC(=O)Nc1ccccc1)c1ccc(O)cc1. The van der Waals surface area contributed by atoms with Crippen LogP contribution in [0.1, 0.15) is 24.5 Å². The summed E-state index contributed by atoms with van der Waals surface area (Å²) in [5.74, 6) is 0.376. The number of phenols is 1. The number of carbonyl (C=O) groups excluding carboxylic acids is 2. The number of rotatable bonds is 11. The normalized spacial score (nSPS) is 12.3. The molecule has 5 N–H and O–H groups in total. The van der Waals surface area contributed by atoms with Crippen LogP contribution >= 0.6 is 0 Å². The molecule has 4 rings (SSSR count). The lowest BCUT2D eigenvalue weighted by Crippen LogP contribution is -2.31. The molecule has 0 aliphatic rings. The molecule has 0 bridgehead atoms. The van der Waals surface area contributed by atoms with Crippen molar-refractivity contribution in [3.05, 3.63) is 127 Å². The summed E-state index contributed by atoms with van der Waals surface area (Å²) in [5.41, 5.74) is 8.15. The van der Waals surface area contributed by atoms with E-state index in [2.05, 4.69) is 10.6 Å². The van der Waals surface area contributed by atoms with Gasteiger partial charge in [-0.25, -0.2) is 4.79 Å². The minimum Gasteiger partial charge on any atom is -0.508 e. The van der Waals surface area contributed by atoms with Gasteiger partial charge in [-0.15, -0.1) is 0 Å². The van der Waals surface area contributed by atoms with E-state index in [-0.39, 0.29) is 11.7 Å². The lowest BCUT2D eigenvalue weighted by atomic mass is 10.00. The third kappa shape index (κ3) is 8.39. The average molecular weight is 538 g/mol. The number of phenolic OH excluding ortho intramolecular Hbond substituents is 1. The zero-order valence-electron chi connectivity index (χ0n) is 21.8. The Balaban J connectivity index is 1.51. The van der Waals surface area contributed by atoms with Crippen molar-refractivity contribution < 1.29 is 24.2 Å². The predicted molar refractivity (Wildman–Crippen MR) is 156 cm³/mol. The number of benzene rings is 4. The molecule has 2 atom stereocenters. The van der Waals surface area contributed by atoms with Crippen molar-refractivity contribution in [2.75, 3.05) is 16.4 Å². The highest BCUT2D eigenvalue weighted by molar-refractivity contribution is 6.01. The van der Waals surface area contributed by atoms with Gasteiger partial charge in [-0.3, -0.25) is 10.1 Å². The van der Waals surface area contributed by atoms with Crippen LogP contribution in [0.3, 0.4) is 0 Å². The molecule has 4 aromatic carbocycles. The van der Waals surface area contributed by atoms with Crippen molar-refractivity contribution in [2.24, 2.45) is 0 Å². The maximum atomic E-state index is 12.9. The lowest BCUT2D eigenvalue weighted by molar-refractivity contribution is -0.111. The molecule has 4 aromatic rings. The number of ether oxygens (including phenoxy) is 2. The fourth-order valence-electron chi connectivity index (χ4n) is 3.99. The summed E-state index contributed by atoms with van der Waals surface area (Å²) >= 11 is 0. The van der Waals surface area contributed by atoms with Gasteiger partial charge in [-0.1, -0.05) is 66.7 Å². The molecule has 2 amide bonds. The molecular weight excluding hydrogens is 506 g/mol. The lowest BCUT2D eigenvalue weighted by Gasteiger charge is -2.28. The van der Waals surface area contributed by atoms with Crippen LogP contribution in [-0.2, 0) is 9.53 Å². The van der Waals surface area contributed by atoms with Gasteiger partial charge < -0.3 is 25.6 Å². The number of allylic oxidation sites excluding steroid dienone is 1. The van der Waals surface area contributed by atoms with Crippen LogP contribution in [0.25, 0.3) is 0 Å². The monoisotopic (exact) mass is 537 g/mol. The third-order valence-corrected chi connectivity index (χ3v) is 5.95. The molecule has 0 radical (unpaired) electrons. The number of para-hydroxylation sites is 4. The maximum absolute atomic E-state index is 12.9. The Morgan fingerprint density at radius 3 is 2.17 bits per heavy atom. The fraction of sp³-hybridized carbons (Fsp3) is 0.125. The number of hydrogen-bond donors (Lipinski definition) is 4. The first kappa shape index (κ1) is 27.8. The van der Waals surface area contributed by atoms with Gasteiger partial charge >= 0.3 is 6.09 Å². The van der Waals surface area contributed by atoms with E-state index in [4.69, 9.17) is 15.2 Å². The maximum Gasteiger partial charge on any atom is 0.412 e. The Hall–Kier alpha value is -5.24. The Morgan fingerprint density at radius 1 is 0.825 bits per heavy atom. The van der Waals surface area contributed by atoms with E-state index in [1.165, 1.54) is 18.2 Å². The second kappa shape index (κ2) is 14.1. The molecule has 8 nitrogen and oxygen atoms in total. The summed E-state index contributed by atoms with van der Waals surface area (Å²) < 4.78 is 12.2. The molecule has 0 aromatic heterocycles. The van der Waals surface area contributed by atoms with Crippen LogP contribution in [0.15, 0.2) is 121 Å². The summed E-state index contributed by atoms with van der Waals surface area (Å²) in [6.07, 6.45) is 1.94. The van der Waals surface area contributed by atoms with Crippen molar-refractivity contribution in [1.82, 2.24) is 0 Å². The van der Waals surface area contributed by atoms with Gasteiger partial charge in [0.1, 0.15) is 17.6 Å². The quantitative estimate of drug-likeness (QED) is 0.125.